The Labute approximate surface area is 535 Å². The second kappa shape index (κ2) is 51.8. The topological polar surface area (TPSA) is 307 Å². The lowest BCUT2D eigenvalue weighted by molar-refractivity contribution is -0.379. The molecule has 0 aliphatic carbocycles. The Balaban J connectivity index is 1.40. The molecule has 3 aliphatic rings. The highest BCUT2D eigenvalue weighted by Crippen LogP contribution is 2.33. The van der Waals surface area contributed by atoms with Gasteiger partial charge in [-0.2, -0.15) is 0 Å². The van der Waals surface area contributed by atoms with Crippen molar-refractivity contribution in [3.8, 4) is 0 Å². The smallest absolute Gasteiger partial charge is 0.220 e. The third-order valence-corrected chi connectivity index (χ3v) is 17.3. The highest BCUT2D eigenvalue weighted by Gasteiger charge is 2.53. The summed E-state index contributed by atoms with van der Waals surface area (Å²) in [6, 6.07) is -0.974. The fourth-order valence-electron chi connectivity index (χ4n) is 11.7. The first-order valence-electron chi connectivity index (χ1n) is 35.0. The molecule has 0 aromatic rings. The number of rotatable bonds is 53. The van der Waals surface area contributed by atoms with Gasteiger partial charge in [-0.05, 0) is 57.8 Å². The van der Waals surface area contributed by atoms with Crippen molar-refractivity contribution < 1.29 is 89.4 Å². The largest absolute Gasteiger partial charge is 0.394 e. The standard InChI is InChI=1S/C70H125NO18/c1-3-5-7-9-11-13-15-17-19-20-21-22-23-24-25-26-27-28-29-30-31-32-34-36-38-40-42-44-46-48-58(76)71-53(54(75)47-45-43-41-39-37-35-33-18-16-14-12-10-8-6-4-2)52-84-68-64(82)61(79)66(56(50-73)86-68)89-70-65(83)62(80)67(57(51-74)87-70)88-69-63(81)60(78)59(77)55(49-72)85-69/h5,7,11,13,17,19,21-22,45,47,53-57,59-70,72-75,77-83H,3-4,6,8-10,12,14-16,18,20,23-44,46,48-52H2,1-2H3,(H,71,76)/b7-5-,13-11-,19-17-,22-21-,47-45+. The van der Waals surface area contributed by atoms with Crippen LogP contribution in [0.15, 0.2) is 60.8 Å². The highest BCUT2D eigenvalue weighted by atomic mass is 16.8. The summed E-state index contributed by atoms with van der Waals surface area (Å²) in [5.74, 6) is -0.276. The zero-order valence-corrected chi connectivity index (χ0v) is 54.6. The molecule has 0 aromatic carbocycles. The second-order valence-corrected chi connectivity index (χ2v) is 25.0. The third-order valence-electron chi connectivity index (χ3n) is 17.3. The van der Waals surface area contributed by atoms with Gasteiger partial charge in [0, 0.05) is 6.42 Å². The molecule has 3 aliphatic heterocycles. The summed E-state index contributed by atoms with van der Waals surface area (Å²) in [6.07, 6.45) is 36.3. The van der Waals surface area contributed by atoms with Crippen molar-refractivity contribution in [2.45, 2.75) is 349 Å². The van der Waals surface area contributed by atoms with Gasteiger partial charge in [0.15, 0.2) is 18.9 Å². The number of hydrogen-bond donors (Lipinski definition) is 12. The van der Waals surface area contributed by atoms with E-state index in [1.54, 1.807) is 6.08 Å². The number of aliphatic hydroxyl groups excluding tert-OH is 11. The van der Waals surface area contributed by atoms with Gasteiger partial charge in [-0.3, -0.25) is 4.79 Å². The van der Waals surface area contributed by atoms with Gasteiger partial charge in [0.25, 0.3) is 0 Å². The van der Waals surface area contributed by atoms with Gasteiger partial charge in [0.2, 0.25) is 5.91 Å². The molecule has 17 atom stereocenters. The minimum atomic E-state index is -1.98. The average molecular weight is 1270 g/mol. The SMILES string of the molecule is CC/C=C\C/C=C\C/C=C\C/C=C\CCCCCCCCCCCCCCCCCCC(=O)NC(COC1OC(CO)C(OC2OC(CO)C(OC3OC(CO)C(O)C(O)C3O)C(O)C2O)C(O)C1O)C(O)/C=C/CCCCCCCCCCCCCCC. The maximum absolute atomic E-state index is 13.4. The van der Waals surface area contributed by atoms with E-state index in [0.717, 1.165) is 70.6 Å². The Kier molecular flexibility index (Phi) is 47.0. The predicted octanol–water partition coefficient (Wildman–Crippen LogP) is 9.16. The molecule has 3 heterocycles. The minimum Gasteiger partial charge on any atom is -0.394 e. The number of nitrogens with one attached hydrogen (secondary N) is 1. The predicted molar refractivity (Wildman–Crippen MR) is 346 cm³/mol. The summed E-state index contributed by atoms with van der Waals surface area (Å²) >= 11 is 0. The number of carbonyl (C=O) groups is 1. The zero-order chi connectivity index (χ0) is 64.7. The fraction of sp³-hybridized carbons (Fsp3) is 0.843. The molecule has 3 fully saturated rings. The number of aliphatic hydroxyl groups is 11. The van der Waals surface area contributed by atoms with Crippen LogP contribution in [0.5, 0.6) is 0 Å². The van der Waals surface area contributed by atoms with Crippen LogP contribution in [0, 0.1) is 0 Å². The molecule has 0 aromatic heterocycles. The van der Waals surface area contributed by atoms with Crippen molar-refractivity contribution in [3.05, 3.63) is 60.8 Å². The maximum Gasteiger partial charge on any atom is 0.220 e. The minimum absolute atomic E-state index is 0.242. The van der Waals surface area contributed by atoms with Gasteiger partial charge in [-0.25, -0.2) is 0 Å². The molecule has 3 rings (SSSR count). The van der Waals surface area contributed by atoms with E-state index in [1.165, 1.54) is 148 Å². The van der Waals surface area contributed by atoms with Gasteiger partial charge < -0.3 is 89.9 Å². The van der Waals surface area contributed by atoms with E-state index in [9.17, 15) is 61.0 Å². The molecule has 19 heteroatoms. The summed E-state index contributed by atoms with van der Waals surface area (Å²) in [5.41, 5.74) is 0. The molecule has 0 radical (unpaired) electrons. The van der Waals surface area contributed by atoms with E-state index in [-0.39, 0.29) is 18.9 Å². The normalized spacial score (nSPS) is 28.6. The lowest BCUT2D eigenvalue weighted by Gasteiger charge is -2.48. The lowest BCUT2D eigenvalue weighted by Crippen LogP contribution is -2.66. The lowest BCUT2D eigenvalue weighted by atomic mass is 9.96. The molecular weight excluding hydrogens is 1140 g/mol. The van der Waals surface area contributed by atoms with Gasteiger partial charge >= 0.3 is 0 Å². The summed E-state index contributed by atoms with van der Waals surface area (Å²) in [4.78, 5) is 13.4. The Morgan fingerprint density at radius 1 is 0.416 bits per heavy atom. The van der Waals surface area contributed by atoms with Crippen LogP contribution < -0.4 is 5.32 Å². The molecule has 19 nitrogen and oxygen atoms in total. The van der Waals surface area contributed by atoms with Crippen molar-refractivity contribution in [1.82, 2.24) is 5.32 Å². The summed E-state index contributed by atoms with van der Waals surface area (Å²) in [5, 5.41) is 120. The molecule has 518 valence electrons. The maximum atomic E-state index is 13.4. The number of ether oxygens (including phenoxy) is 6. The molecule has 1 amide bonds. The highest BCUT2D eigenvalue weighted by molar-refractivity contribution is 5.76. The Bertz CT molecular complexity index is 1850. The van der Waals surface area contributed by atoms with Crippen molar-refractivity contribution in [1.29, 1.82) is 0 Å². The van der Waals surface area contributed by atoms with Gasteiger partial charge in [0.05, 0.1) is 38.6 Å². The third kappa shape index (κ3) is 33.9. The van der Waals surface area contributed by atoms with E-state index in [1.807, 2.05) is 6.08 Å². The summed E-state index contributed by atoms with van der Waals surface area (Å²) in [6.45, 7) is 1.63. The number of carbonyl (C=O) groups excluding carboxylic acids is 1. The van der Waals surface area contributed by atoms with E-state index in [0.29, 0.717) is 6.42 Å². The average Bonchev–Trinajstić information content (AvgIpc) is 2.42. The molecular formula is C70H125NO18. The van der Waals surface area contributed by atoms with Crippen LogP contribution in [0.1, 0.15) is 245 Å². The van der Waals surface area contributed by atoms with E-state index in [2.05, 4.69) is 67.8 Å². The van der Waals surface area contributed by atoms with Crippen LogP contribution in [-0.4, -0.2) is 193 Å². The quantitative estimate of drug-likeness (QED) is 0.0199. The monoisotopic (exact) mass is 1270 g/mol. The van der Waals surface area contributed by atoms with Crippen molar-refractivity contribution in [2.75, 3.05) is 26.4 Å². The molecule has 3 saturated heterocycles. The van der Waals surface area contributed by atoms with Crippen molar-refractivity contribution in [2.24, 2.45) is 0 Å². The molecule has 12 N–H and O–H groups in total. The number of hydrogen-bond acceptors (Lipinski definition) is 18. The van der Waals surface area contributed by atoms with Crippen LogP contribution in [0.4, 0.5) is 0 Å². The molecule has 17 unspecified atom stereocenters. The number of unbranched alkanes of at least 4 members (excludes halogenated alkanes) is 29. The Hall–Kier alpha value is -2.51. The van der Waals surface area contributed by atoms with Crippen molar-refractivity contribution >= 4 is 5.91 Å². The molecule has 0 saturated carbocycles. The fourth-order valence-corrected chi connectivity index (χ4v) is 11.7. The van der Waals surface area contributed by atoms with Crippen LogP contribution in [0.25, 0.3) is 0 Å². The summed E-state index contributed by atoms with van der Waals surface area (Å²) in [7, 11) is 0. The van der Waals surface area contributed by atoms with Crippen molar-refractivity contribution in [3.63, 3.8) is 0 Å². The second-order valence-electron chi connectivity index (χ2n) is 25.0. The first kappa shape index (κ1) is 80.7. The van der Waals surface area contributed by atoms with Crippen LogP contribution >= 0.6 is 0 Å². The zero-order valence-electron chi connectivity index (χ0n) is 54.6. The first-order chi connectivity index (χ1) is 43.3. The van der Waals surface area contributed by atoms with Crippen LogP contribution in [0.3, 0.4) is 0 Å². The van der Waals surface area contributed by atoms with Crippen LogP contribution in [0.2, 0.25) is 0 Å². The molecule has 0 bridgehead atoms. The van der Waals surface area contributed by atoms with Gasteiger partial charge in [-0.15, -0.1) is 0 Å². The number of amides is 1. The van der Waals surface area contributed by atoms with E-state index >= 15 is 0 Å². The first-order valence-corrected chi connectivity index (χ1v) is 35.0. The van der Waals surface area contributed by atoms with E-state index in [4.69, 9.17) is 28.4 Å². The van der Waals surface area contributed by atoms with Gasteiger partial charge in [0.1, 0.15) is 73.2 Å². The van der Waals surface area contributed by atoms with Crippen LogP contribution in [-0.2, 0) is 33.2 Å². The number of allylic oxidation sites excluding steroid dienone is 9. The van der Waals surface area contributed by atoms with Gasteiger partial charge in [-0.1, -0.05) is 242 Å². The Morgan fingerprint density at radius 3 is 1.21 bits per heavy atom. The Morgan fingerprint density at radius 2 is 0.775 bits per heavy atom. The van der Waals surface area contributed by atoms with E-state index < -0.39 is 124 Å². The molecule has 89 heavy (non-hydrogen) atoms. The molecule has 0 spiro atoms. The summed E-state index contributed by atoms with van der Waals surface area (Å²) < 4.78 is 34.3.